The van der Waals surface area contributed by atoms with Crippen LogP contribution in [-0.4, -0.2) is 38.9 Å². The number of hydrogen-bond acceptors (Lipinski definition) is 4. The molecule has 0 aromatic heterocycles. The zero-order valence-corrected chi connectivity index (χ0v) is 10.9. The van der Waals surface area contributed by atoms with E-state index in [0.29, 0.717) is 4.90 Å². The molecule has 0 aliphatic heterocycles. The Balaban J connectivity index is 3.11. The average Bonchev–Trinajstić information content (AvgIpc) is 2.16. The Bertz CT molecular complexity index is 495. The van der Waals surface area contributed by atoms with E-state index >= 15 is 0 Å². The van der Waals surface area contributed by atoms with Crippen molar-refractivity contribution in [2.45, 2.75) is 9.79 Å². The van der Waals surface area contributed by atoms with Crippen LogP contribution in [0.3, 0.4) is 0 Å². The molecule has 0 heterocycles. The van der Waals surface area contributed by atoms with Crippen molar-refractivity contribution < 1.29 is 13.2 Å². The van der Waals surface area contributed by atoms with Gasteiger partial charge in [-0.15, -0.1) is 0 Å². The summed E-state index contributed by atoms with van der Waals surface area (Å²) in [6.45, 7) is 0. The molecule has 0 saturated heterocycles. The minimum Gasteiger partial charge on any atom is -0.339 e. The SMILES string of the molecule is CN(C)C(=O)Sc1ccccc1S(C)(=O)=O. The first kappa shape index (κ1) is 13.1. The predicted octanol–water partition coefficient (Wildman–Crippen LogP) is 1.86. The maximum Gasteiger partial charge on any atom is 0.285 e. The van der Waals surface area contributed by atoms with Crippen LogP contribution in [0.1, 0.15) is 0 Å². The van der Waals surface area contributed by atoms with E-state index in [4.69, 9.17) is 0 Å². The lowest BCUT2D eigenvalue weighted by atomic mass is 10.4. The van der Waals surface area contributed by atoms with E-state index in [1.54, 1.807) is 32.3 Å². The summed E-state index contributed by atoms with van der Waals surface area (Å²) in [5.41, 5.74) is 0. The highest BCUT2D eigenvalue weighted by atomic mass is 32.2. The lowest BCUT2D eigenvalue weighted by molar-refractivity contribution is 0.241. The molecule has 0 unspecified atom stereocenters. The molecule has 6 heteroatoms. The van der Waals surface area contributed by atoms with Gasteiger partial charge in [0.2, 0.25) is 0 Å². The van der Waals surface area contributed by atoms with Gasteiger partial charge in [-0.2, -0.15) is 0 Å². The Hall–Kier alpha value is -1.01. The summed E-state index contributed by atoms with van der Waals surface area (Å²) >= 11 is 0.913. The molecule has 0 bridgehead atoms. The number of hydrogen-bond donors (Lipinski definition) is 0. The van der Waals surface area contributed by atoms with Crippen LogP contribution >= 0.6 is 11.8 Å². The number of thioether (sulfide) groups is 1. The Labute approximate surface area is 99.6 Å². The van der Waals surface area contributed by atoms with Gasteiger partial charge < -0.3 is 4.90 Å². The minimum absolute atomic E-state index is 0.190. The lowest BCUT2D eigenvalue weighted by Crippen LogP contribution is -2.16. The first-order chi connectivity index (χ1) is 7.32. The van der Waals surface area contributed by atoms with Crippen molar-refractivity contribution in [3.63, 3.8) is 0 Å². The van der Waals surface area contributed by atoms with Gasteiger partial charge in [0.15, 0.2) is 9.84 Å². The van der Waals surface area contributed by atoms with Crippen LogP contribution in [0.25, 0.3) is 0 Å². The number of carbonyl (C=O) groups excluding carboxylic acids is 1. The Kier molecular flexibility index (Phi) is 3.98. The smallest absolute Gasteiger partial charge is 0.285 e. The normalized spacial score (nSPS) is 11.2. The second-order valence-electron chi connectivity index (χ2n) is 3.48. The zero-order valence-electron chi connectivity index (χ0n) is 9.30. The van der Waals surface area contributed by atoms with Crippen molar-refractivity contribution in [1.82, 2.24) is 4.90 Å². The second kappa shape index (κ2) is 4.88. The molecule has 0 aliphatic carbocycles. The maximum atomic E-state index is 11.5. The molecule has 0 atom stereocenters. The molecule has 16 heavy (non-hydrogen) atoms. The summed E-state index contributed by atoms with van der Waals surface area (Å²) in [6, 6.07) is 6.48. The highest BCUT2D eigenvalue weighted by molar-refractivity contribution is 8.13. The summed E-state index contributed by atoms with van der Waals surface area (Å²) < 4.78 is 22.9. The van der Waals surface area contributed by atoms with Gasteiger partial charge in [-0.1, -0.05) is 12.1 Å². The summed E-state index contributed by atoms with van der Waals surface area (Å²) in [7, 11) is -0.0496. The van der Waals surface area contributed by atoms with E-state index in [2.05, 4.69) is 0 Å². The van der Waals surface area contributed by atoms with Crippen molar-refractivity contribution in [2.24, 2.45) is 0 Å². The van der Waals surface area contributed by atoms with Crippen molar-refractivity contribution in [3.8, 4) is 0 Å². The highest BCUT2D eigenvalue weighted by Gasteiger charge is 2.16. The fraction of sp³-hybridized carbons (Fsp3) is 0.300. The van der Waals surface area contributed by atoms with Gasteiger partial charge in [0, 0.05) is 25.2 Å². The molecular formula is C10H13NO3S2. The summed E-state index contributed by atoms with van der Waals surface area (Å²) in [5.74, 6) is 0. The third-order valence-electron chi connectivity index (χ3n) is 1.81. The van der Waals surface area contributed by atoms with E-state index in [9.17, 15) is 13.2 Å². The second-order valence-corrected chi connectivity index (χ2v) is 6.46. The van der Waals surface area contributed by atoms with Crippen molar-refractivity contribution >= 4 is 26.8 Å². The van der Waals surface area contributed by atoms with Gasteiger partial charge in [-0.05, 0) is 23.9 Å². The van der Waals surface area contributed by atoms with Crippen LogP contribution < -0.4 is 0 Å². The fourth-order valence-corrected chi connectivity index (χ4v) is 3.05. The maximum absolute atomic E-state index is 11.5. The number of sulfone groups is 1. The monoisotopic (exact) mass is 259 g/mol. The van der Waals surface area contributed by atoms with Crippen LogP contribution in [0.15, 0.2) is 34.1 Å². The molecular weight excluding hydrogens is 246 g/mol. The Morgan fingerprint density at radius 2 is 1.81 bits per heavy atom. The number of nitrogens with zero attached hydrogens (tertiary/aromatic N) is 1. The van der Waals surface area contributed by atoms with Crippen LogP contribution in [-0.2, 0) is 9.84 Å². The molecule has 1 amide bonds. The van der Waals surface area contributed by atoms with Gasteiger partial charge in [-0.3, -0.25) is 4.79 Å². The van der Waals surface area contributed by atoms with Gasteiger partial charge >= 0.3 is 0 Å². The molecule has 0 aliphatic rings. The third-order valence-corrected chi connectivity index (χ3v) is 4.21. The molecule has 0 N–H and O–H groups in total. The molecule has 0 spiro atoms. The van der Waals surface area contributed by atoms with Crippen LogP contribution in [0, 0.1) is 0 Å². The van der Waals surface area contributed by atoms with Crippen LogP contribution in [0.5, 0.6) is 0 Å². The van der Waals surface area contributed by atoms with Gasteiger partial charge in [0.05, 0.1) is 4.90 Å². The van der Waals surface area contributed by atoms with Crippen molar-refractivity contribution in [3.05, 3.63) is 24.3 Å². The van der Waals surface area contributed by atoms with E-state index in [1.165, 1.54) is 11.0 Å². The summed E-state index contributed by atoms with van der Waals surface area (Å²) in [6.07, 6.45) is 1.13. The van der Waals surface area contributed by atoms with Crippen LogP contribution in [0.2, 0.25) is 0 Å². The molecule has 0 saturated carbocycles. The van der Waals surface area contributed by atoms with Gasteiger partial charge in [0.25, 0.3) is 5.24 Å². The fourth-order valence-electron chi connectivity index (χ4n) is 1.03. The first-order valence-electron chi connectivity index (χ1n) is 4.50. The standard InChI is InChI=1S/C10H13NO3S2/c1-11(2)10(12)15-8-6-4-5-7-9(8)16(3,13)14/h4-7H,1-3H3. The number of rotatable bonds is 2. The third kappa shape index (κ3) is 3.24. The number of carbonyl (C=O) groups is 1. The molecule has 1 rings (SSSR count). The Morgan fingerprint density at radius 3 is 2.31 bits per heavy atom. The molecule has 88 valence electrons. The lowest BCUT2D eigenvalue weighted by Gasteiger charge is -2.11. The molecule has 1 aromatic carbocycles. The molecule has 0 fully saturated rings. The first-order valence-corrected chi connectivity index (χ1v) is 7.21. The summed E-state index contributed by atoms with van der Waals surface area (Å²) in [4.78, 5) is 13.5. The minimum atomic E-state index is -3.30. The molecule has 4 nitrogen and oxygen atoms in total. The van der Waals surface area contributed by atoms with Crippen LogP contribution in [0.4, 0.5) is 4.79 Å². The quantitative estimate of drug-likeness (QED) is 0.761. The average molecular weight is 259 g/mol. The van der Waals surface area contributed by atoms with Gasteiger partial charge in [-0.25, -0.2) is 8.42 Å². The predicted molar refractivity (Wildman–Crippen MR) is 64.5 cm³/mol. The highest BCUT2D eigenvalue weighted by Crippen LogP contribution is 2.27. The van der Waals surface area contributed by atoms with Crippen molar-refractivity contribution in [1.29, 1.82) is 0 Å². The van der Waals surface area contributed by atoms with Gasteiger partial charge in [0.1, 0.15) is 0 Å². The molecule has 0 radical (unpaired) electrons. The molecule has 1 aromatic rings. The number of amides is 1. The Morgan fingerprint density at radius 1 is 1.25 bits per heavy atom. The van der Waals surface area contributed by atoms with E-state index < -0.39 is 9.84 Å². The zero-order chi connectivity index (χ0) is 12.3. The van der Waals surface area contributed by atoms with E-state index in [-0.39, 0.29) is 10.1 Å². The van der Waals surface area contributed by atoms with E-state index in [0.717, 1.165) is 18.0 Å². The number of benzene rings is 1. The van der Waals surface area contributed by atoms with Crippen molar-refractivity contribution in [2.75, 3.05) is 20.4 Å². The largest absolute Gasteiger partial charge is 0.339 e. The topological polar surface area (TPSA) is 54.5 Å². The van der Waals surface area contributed by atoms with E-state index in [1.807, 2.05) is 0 Å². The summed E-state index contributed by atoms with van der Waals surface area (Å²) in [5, 5.41) is -0.198.